The molecule has 0 spiro atoms. The molecule has 0 aliphatic carbocycles. The van der Waals surface area contributed by atoms with Crippen molar-refractivity contribution in [2.24, 2.45) is 0 Å². The Morgan fingerprint density at radius 2 is 1.56 bits per heavy atom. The number of benzene rings is 1. The van der Waals surface area contributed by atoms with Crippen LogP contribution in [-0.4, -0.2) is 26.9 Å². The summed E-state index contributed by atoms with van der Waals surface area (Å²) in [5.74, 6) is 1.69. The van der Waals surface area contributed by atoms with Crippen molar-refractivity contribution in [3.63, 3.8) is 0 Å². The number of unbranched alkanes of at least 4 members (excludes halogenated alkanes) is 3. The van der Waals surface area contributed by atoms with Crippen molar-refractivity contribution in [1.29, 1.82) is 0 Å². The Labute approximate surface area is 110 Å². The van der Waals surface area contributed by atoms with Gasteiger partial charge in [0.25, 0.3) is 0 Å². The van der Waals surface area contributed by atoms with E-state index < -0.39 is 0 Å². The van der Waals surface area contributed by atoms with Crippen molar-refractivity contribution in [1.82, 2.24) is 0 Å². The van der Waals surface area contributed by atoms with Crippen LogP contribution >= 0.6 is 0 Å². The highest BCUT2D eigenvalue weighted by Gasteiger charge is 1.95. The van der Waals surface area contributed by atoms with Crippen LogP contribution in [0.2, 0.25) is 0 Å². The van der Waals surface area contributed by atoms with Gasteiger partial charge < -0.3 is 14.2 Å². The summed E-state index contributed by atoms with van der Waals surface area (Å²) in [5.41, 5.74) is 0. The first-order valence-electron chi connectivity index (χ1n) is 6.71. The molecule has 0 saturated carbocycles. The normalized spacial score (nSPS) is 10.3. The molecular weight excluding hydrogens is 228 g/mol. The zero-order valence-electron chi connectivity index (χ0n) is 11.5. The van der Waals surface area contributed by atoms with Crippen molar-refractivity contribution >= 4 is 0 Å². The summed E-state index contributed by atoms with van der Waals surface area (Å²) >= 11 is 0. The van der Waals surface area contributed by atoms with Crippen LogP contribution in [0.25, 0.3) is 0 Å². The molecule has 0 aromatic heterocycles. The largest absolute Gasteiger partial charge is 0.497 e. The van der Waals surface area contributed by atoms with Crippen molar-refractivity contribution < 1.29 is 14.2 Å². The van der Waals surface area contributed by atoms with Crippen molar-refractivity contribution in [3.8, 4) is 11.5 Å². The van der Waals surface area contributed by atoms with Gasteiger partial charge in [-0.25, -0.2) is 0 Å². The Hall–Kier alpha value is -1.22. The highest BCUT2D eigenvalue weighted by molar-refractivity contribution is 5.31. The lowest BCUT2D eigenvalue weighted by Crippen LogP contribution is -2.07. The fourth-order valence-corrected chi connectivity index (χ4v) is 1.62. The first kappa shape index (κ1) is 14.8. The van der Waals surface area contributed by atoms with E-state index in [1.54, 1.807) is 7.11 Å². The van der Waals surface area contributed by atoms with E-state index in [0.29, 0.717) is 13.2 Å². The molecule has 102 valence electrons. The molecule has 0 fully saturated rings. The van der Waals surface area contributed by atoms with Gasteiger partial charge in [0.1, 0.15) is 18.1 Å². The highest BCUT2D eigenvalue weighted by atomic mass is 16.5. The molecule has 0 amide bonds. The maximum Gasteiger partial charge on any atom is 0.119 e. The molecular formula is C15H24O3. The lowest BCUT2D eigenvalue weighted by molar-refractivity contribution is 0.0971. The molecule has 0 unspecified atom stereocenters. The van der Waals surface area contributed by atoms with E-state index in [2.05, 4.69) is 6.92 Å². The third kappa shape index (κ3) is 6.50. The quantitative estimate of drug-likeness (QED) is 0.595. The van der Waals surface area contributed by atoms with Crippen LogP contribution in [0.3, 0.4) is 0 Å². The summed E-state index contributed by atoms with van der Waals surface area (Å²) in [6.45, 7) is 4.30. The Kier molecular flexibility index (Phi) is 8.06. The van der Waals surface area contributed by atoms with Gasteiger partial charge >= 0.3 is 0 Å². The van der Waals surface area contributed by atoms with Gasteiger partial charge in [-0.1, -0.05) is 26.2 Å². The first-order chi connectivity index (χ1) is 8.86. The van der Waals surface area contributed by atoms with Gasteiger partial charge in [-0.15, -0.1) is 0 Å². The van der Waals surface area contributed by atoms with Crippen molar-refractivity contribution in [2.75, 3.05) is 26.9 Å². The minimum Gasteiger partial charge on any atom is -0.497 e. The van der Waals surface area contributed by atoms with E-state index in [0.717, 1.165) is 24.5 Å². The summed E-state index contributed by atoms with van der Waals surface area (Å²) in [6.07, 6.45) is 4.97. The van der Waals surface area contributed by atoms with E-state index >= 15 is 0 Å². The highest BCUT2D eigenvalue weighted by Crippen LogP contribution is 2.16. The molecule has 0 bridgehead atoms. The third-order valence-corrected chi connectivity index (χ3v) is 2.70. The van der Waals surface area contributed by atoms with Crippen molar-refractivity contribution in [3.05, 3.63) is 24.3 Å². The average Bonchev–Trinajstić information content (AvgIpc) is 2.42. The summed E-state index contributed by atoms with van der Waals surface area (Å²) in [4.78, 5) is 0. The van der Waals surface area contributed by atoms with Gasteiger partial charge in [-0.05, 0) is 30.7 Å². The van der Waals surface area contributed by atoms with Gasteiger partial charge in [0.05, 0.1) is 13.7 Å². The minimum absolute atomic E-state index is 0.597. The van der Waals surface area contributed by atoms with Crippen LogP contribution in [0.15, 0.2) is 24.3 Å². The van der Waals surface area contributed by atoms with Crippen LogP contribution < -0.4 is 9.47 Å². The van der Waals surface area contributed by atoms with Crippen LogP contribution in [0.1, 0.15) is 32.6 Å². The zero-order valence-corrected chi connectivity index (χ0v) is 11.5. The van der Waals surface area contributed by atoms with Crippen molar-refractivity contribution in [2.45, 2.75) is 32.6 Å². The predicted octanol–water partition coefficient (Wildman–Crippen LogP) is 3.67. The molecule has 0 N–H and O–H groups in total. The lowest BCUT2D eigenvalue weighted by atomic mass is 10.2. The molecule has 18 heavy (non-hydrogen) atoms. The molecule has 0 aliphatic rings. The number of hydrogen-bond donors (Lipinski definition) is 0. The molecule has 0 heterocycles. The standard InChI is InChI=1S/C15H24O3/c1-3-4-5-6-11-17-12-13-18-15-9-7-14(16-2)8-10-15/h7-10H,3-6,11-13H2,1-2H3. The number of ether oxygens (including phenoxy) is 3. The average molecular weight is 252 g/mol. The van der Waals surface area contributed by atoms with Gasteiger partial charge in [-0.2, -0.15) is 0 Å². The zero-order chi connectivity index (χ0) is 13.1. The summed E-state index contributed by atoms with van der Waals surface area (Å²) in [6, 6.07) is 7.59. The van der Waals surface area contributed by atoms with Crippen LogP contribution in [0.4, 0.5) is 0 Å². The van der Waals surface area contributed by atoms with Gasteiger partial charge in [0.15, 0.2) is 0 Å². The van der Waals surface area contributed by atoms with E-state index in [1.165, 1.54) is 19.3 Å². The smallest absolute Gasteiger partial charge is 0.119 e. The summed E-state index contributed by atoms with van der Waals surface area (Å²) < 4.78 is 16.1. The van der Waals surface area contributed by atoms with E-state index in [1.807, 2.05) is 24.3 Å². The SMILES string of the molecule is CCCCCCOCCOc1ccc(OC)cc1. The second-order valence-electron chi connectivity index (χ2n) is 4.20. The first-order valence-corrected chi connectivity index (χ1v) is 6.71. The molecule has 0 radical (unpaired) electrons. The molecule has 3 nitrogen and oxygen atoms in total. The van der Waals surface area contributed by atoms with E-state index in [-0.39, 0.29) is 0 Å². The fraction of sp³-hybridized carbons (Fsp3) is 0.600. The van der Waals surface area contributed by atoms with E-state index in [4.69, 9.17) is 14.2 Å². The Bertz CT molecular complexity index is 295. The Balaban J connectivity index is 2.00. The topological polar surface area (TPSA) is 27.7 Å². The van der Waals surface area contributed by atoms with Gasteiger partial charge in [0.2, 0.25) is 0 Å². The molecule has 0 saturated heterocycles. The molecule has 3 heteroatoms. The van der Waals surface area contributed by atoms with Gasteiger partial charge in [-0.3, -0.25) is 0 Å². The maximum absolute atomic E-state index is 5.55. The second-order valence-corrected chi connectivity index (χ2v) is 4.20. The van der Waals surface area contributed by atoms with Crippen LogP contribution in [0.5, 0.6) is 11.5 Å². The molecule has 1 aromatic carbocycles. The number of methoxy groups -OCH3 is 1. The third-order valence-electron chi connectivity index (χ3n) is 2.70. The van der Waals surface area contributed by atoms with Gasteiger partial charge in [0, 0.05) is 6.61 Å². The molecule has 1 rings (SSSR count). The minimum atomic E-state index is 0.597. The fourth-order valence-electron chi connectivity index (χ4n) is 1.62. The Morgan fingerprint density at radius 1 is 0.833 bits per heavy atom. The lowest BCUT2D eigenvalue weighted by Gasteiger charge is -2.07. The number of rotatable bonds is 10. The Morgan fingerprint density at radius 3 is 2.22 bits per heavy atom. The van der Waals surface area contributed by atoms with E-state index in [9.17, 15) is 0 Å². The second kappa shape index (κ2) is 9.77. The molecule has 0 aliphatic heterocycles. The summed E-state index contributed by atoms with van der Waals surface area (Å²) in [7, 11) is 1.66. The maximum atomic E-state index is 5.55. The predicted molar refractivity (Wildman–Crippen MR) is 73.5 cm³/mol. The summed E-state index contributed by atoms with van der Waals surface area (Å²) in [5, 5.41) is 0. The molecule has 1 aromatic rings. The molecule has 0 atom stereocenters. The van der Waals surface area contributed by atoms with Crippen LogP contribution in [0, 0.1) is 0 Å². The monoisotopic (exact) mass is 252 g/mol. The number of hydrogen-bond acceptors (Lipinski definition) is 3. The van der Waals surface area contributed by atoms with Crippen LogP contribution in [-0.2, 0) is 4.74 Å².